The van der Waals surface area contributed by atoms with Crippen molar-refractivity contribution in [1.82, 2.24) is 15.0 Å². The summed E-state index contributed by atoms with van der Waals surface area (Å²) < 4.78 is 0. The molecule has 4 rings (SSSR count). The molecule has 3 aromatic carbocycles. The predicted octanol–water partition coefficient (Wildman–Crippen LogP) is 7.44. The maximum Gasteiger partial charge on any atom is 0.123 e. The third kappa shape index (κ3) is 4.66. The number of benzene rings is 3. The number of para-hydroxylation sites is 1. The molecule has 4 nitrogen and oxygen atoms in total. The van der Waals surface area contributed by atoms with Crippen molar-refractivity contribution in [3.8, 4) is 11.4 Å². The maximum absolute atomic E-state index is 11.5. The van der Waals surface area contributed by atoms with Crippen LogP contribution in [-0.4, -0.2) is 20.1 Å². The van der Waals surface area contributed by atoms with Gasteiger partial charge in [-0.15, -0.1) is 10.2 Å². The number of hydrogen-bond acceptors (Lipinski definition) is 3. The van der Waals surface area contributed by atoms with Gasteiger partial charge in [-0.25, -0.2) is 0 Å². The fourth-order valence-corrected chi connectivity index (χ4v) is 4.78. The minimum absolute atomic E-state index is 0.0135. The van der Waals surface area contributed by atoms with Gasteiger partial charge in [0.05, 0.1) is 5.69 Å². The molecule has 4 aromatic rings. The SMILES string of the molecule is CCCCCC(C)(C)c1cc(C)cc(C(C)c2ccccc2-n2nc3ccccc3n2)c1O. The van der Waals surface area contributed by atoms with E-state index in [1.54, 1.807) is 4.80 Å². The highest BCUT2D eigenvalue weighted by molar-refractivity contribution is 5.73. The Morgan fingerprint density at radius 1 is 0.909 bits per heavy atom. The Morgan fingerprint density at radius 3 is 2.21 bits per heavy atom. The molecule has 0 saturated heterocycles. The third-order valence-corrected chi connectivity index (χ3v) is 6.79. The van der Waals surface area contributed by atoms with Gasteiger partial charge in [-0.05, 0) is 42.5 Å². The first-order chi connectivity index (χ1) is 15.8. The first-order valence-corrected chi connectivity index (χ1v) is 12.1. The Morgan fingerprint density at radius 2 is 1.55 bits per heavy atom. The average molecular weight is 442 g/mol. The highest BCUT2D eigenvalue weighted by Crippen LogP contribution is 2.42. The number of hydrogen-bond donors (Lipinski definition) is 1. The van der Waals surface area contributed by atoms with Crippen LogP contribution in [0.2, 0.25) is 0 Å². The molecule has 1 atom stereocenters. The van der Waals surface area contributed by atoms with E-state index in [2.05, 4.69) is 52.8 Å². The fraction of sp³-hybridized carbons (Fsp3) is 0.379. The lowest BCUT2D eigenvalue weighted by Crippen LogP contribution is -2.18. The molecule has 0 bridgehead atoms. The van der Waals surface area contributed by atoms with E-state index in [0.29, 0.717) is 5.75 Å². The summed E-state index contributed by atoms with van der Waals surface area (Å²) in [5, 5.41) is 20.9. The van der Waals surface area contributed by atoms with E-state index < -0.39 is 0 Å². The van der Waals surface area contributed by atoms with Crippen molar-refractivity contribution in [2.75, 3.05) is 0 Å². The zero-order chi connectivity index (χ0) is 23.6. The van der Waals surface area contributed by atoms with Crippen LogP contribution in [0.1, 0.15) is 81.5 Å². The number of aromatic nitrogens is 3. The summed E-state index contributed by atoms with van der Waals surface area (Å²) in [6, 6.07) is 20.4. The number of phenolic OH excluding ortho intramolecular Hbond substituents is 1. The number of fused-ring (bicyclic) bond motifs is 1. The number of aromatic hydroxyl groups is 1. The molecule has 0 aliphatic carbocycles. The molecular weight excluding hydrogens is 406 g/mol. The normalized spacial score (nSPS) is 12.9. The van der Waals surface area contributed by atoms with E-state index in [0.717, 1.165) is 39.8 Å². The van der Waals surface area contributed by atoms with Crippen molar-refractivity contribution >= 4 is 11.0 Å². The number of phenols is 1. The van der Waals surface area contributed by atoms with Gasteiger partial charge in [-0.2, -0.15) is 4.80 Å². The summed E-state index contributed by atoms with van der Waals surface area (Å²) >= 11 is 0. The van der Waals surface area contributed by atoms with Crippen LogP contribution in [0.3, 0.4) is 0 Å². The lowest BCUT2D eigenvalue weighted by molar-refractivity contribution is 0.403. The van der Waals surface area contributed by atoms with E-state index >= 15 is 0 Å². The van der Waals surface area contributed by atoms with Crippen LogP contribution in [0, 0.1) is 6.92 Å². The van der Waals surface area contributed by atoms with Crippen LogP contribution in [0.5, 0.6) is 5.75 Å². The Bertz CT molecular complexity index is 1220. The molecule has 1 N–H and O–H groups in total. The zero-order valence-corrected chi connectivity index (χ0v) is 20.5. The second-order valence-electron chi connectivity index (χ2n) is 9.85. The van der Waals surface area contributed by atoms with Gasteiger partial charge in [0.25, 0.3) is 0 Å². The summed E-state index contributed by atoms with van der Waals surface area (Å²) in [5.41, 5.74) is 6.86. The quantitative estimate of drug-likeness (QED) is 0.289. The Hall–Kier alpha value is -3.14. The van der Waals surface area contributed by atoms with Gasteiger partial charge >= 0.3 is 0 Å². The van der Waals surface area contributed by atoms with Crippen LogP contribution >= 0.6 is 0 Å². The van der Waals surface area contributed by atoms with Crippen molar-refractivity contribution < 1.29 is 5.11 Å². The van der Waals surface area contributed by atoms with E-state index in [-0.39, 0.29) is 11.3 Å². The van der Waals surface area contributed by atoms with Crippen molar-refractivity contribution in [2.24, 2.45) is 0 Å². The monoisotopic (exact) mass is 441 g/mol. The Kier molecular flexibility index (Phi) is 6.55. The molecule has 1 aromatic heterocycles. The molecule has 0 amide bonds. The summed E-state index contributed by atoms with van der Waals surface area (Å²) in [7, 11) is 0. The molecule has 0 aliphatic heterocycles. The lowest BCUT2D eigenvalue weighted by atomic mass is 9.76. The number of rotatable bonds is 8. The summed E-state index contributed by atoms with van der Waals surface area (Å²) in [5.74, 6) is 0.406. The van der Waals surface area contributed by atoms with Gasteiger partial charge in [-0.1, -0.05) is 95.0 Å². The van der Waals surface area contributed by atoms with Crippen LogP contribution in [0.15, 0.2) is 60.7 Å². The topological polar surface area (TPSA) is 50.9 Å². The molecule has 0 saturated carbocycles. The van der Waals surface area contributed by atoms with E-state index in [1.165, 1.54) is 24.8 Å². The van der Waals surface area contributed by atoms with Gasteiger partial charge < -0.3 is 5.11 Å². The van der Waals surface area contributed by atoms with Crippen molar-refractivity contribution in [3.05, 3.63) is 82.9 Å². The Labute approximate surface area is 197 Å². The smallest absolute Gasteiger partial charge is 0.123 e. The van der Waals surface area contributed by atoms with E-state index in [4.69, 9.17) is 10.2 Å². The van der Waals surface area contributed by atoms with Gasteiger partial charge in [0, 0.05) is 17.0 Å². The number of unbranched alkanes of at least 4 members (excludes halogenated alkanes) is 2. The van der Waals surface area contributed by atoms with Crippen molar-refractivity contribution in [1.29, 1.82) is 0 Å². The molecule has 1 heterocycles. The van der Waals surface area contributed by atoms with Crippen LogP contribution < -0.4 is 0 Å². The highest BCUT2D eigenvalue weighted by atomic mass is 16.3. The summed E-state index contributed by atoms with van der Waals surface area (Å²) in [6.45, 7) is 11.0. The molecule has 1 unspecified atom stereocenters. The van der Waals surface area contributed by atoms with Gasteiger partial charge in [0.1, 0.15) is 16.8 Å². The van der Waals surface area contributed by atoms with Crippen molar-refractivity contribution in [2.45, 2.75) is 71.6 Å². The zero-order valence-electron chi connectivity index (χ0n) is 20.5. The molecule has 172 valence electrons. The van der Waals surface area contributed by atoms with Gasteiger partial charge in [-0.3, -0.25) is 0 Å². The second-order valence-corrected chi connectivity index (χ2v) is 9.85. The van der Waals surface area contributed by atoms with Crippen LogP contribution in [0.4, 0.5) is 0 Å². The predicted molar refractivity (Wildman–Crippen MR) is 136 cm³/mol. The molecule has 0 spiro atoms. The summed E-state index contributed by atoms with van der Waals surface area (Å²) in [6.07, 6.45) is 4.65. The molecule has 33 heavy (non-hydrogen) atoms. The van der Waals surface area contributed by atoms with Gasteiger partial charge in [0.2, 0.25) is 0 Å². The lowest BCUT2D eigenvalue weighted by Gasteiger charge is -2.29. The minimum Gasteiger partial charge on any atom is -0.507 e. The molecular formula is C29H35N3O. The summed E-state index contributed by atoms with van der Waals surface area (Å²) in [4.78, 5) is 1.72. The minimum atomic E-state index is -0.0828. The third-order valence-electron chi connectivity index (χ3n) is 6.79. The van der Waals surface area contributed by atoms with Gasteiger partial charge in [0.15, 0.2) is 0 Å². The van der Waals surface area contributed by atoms with Crippen LogP contribution in [0.25, 0.3) is 16.7 Å². The fourth-order valence-electron chi connectivity index (χ4n) is 4.78. The van der Waals surface area contributed by atoms with Crippen molar-refractivity contribution in [3.63, 3.8) is 0 Å². The maximum atomic E-state index is 11.5. The van der Waals surface area contributed by atoms with E-state index in [9.17, 15) is 5.11 Å². The number of aryl methyl sites for hydroxylation is 1. The van der Waals surface area contributed by atoms with Crippen LogP contribution in [-0.2, 0) is 5.41 Å². The second kappa shape index (κ2) is 9.38. The number of nitrogens with zero attached hydrogens (tertiary/aromatic N) is 3. The van der Waals surface area contributed by atoms with E-state index in [1.807, 2.05) is 42.5 Å². The molecule has 0 aliphatic rings. The molecule has 4 heteroatoms. The highest BCUT2D eigenvalue weighted by Gasteiger charge is 2.28. The largest absolute Gasteiger partial charge is 0.507 e. The Balaban J connectivity index is 1.76. The molecule has 0 radical (unpaired) electrons. The standard InChI is InChI=1S/C29H35N3O/c1-6-7-12-17-29(4,5)24-19-20(2)18-23(28(24)33)21(3)22-13-8-11-16-27(22)32-30-25-14-9-10-15-26(25)31-32/h8-11,13-16,18-19,21,33H,6-7,12,17H2,1-5H3. The first kappa shape index (κ1) is 23.0. The molecule has 0 fully saturated rings. The first-order valence-electron chi connectivity index (χ1n) is 12.1. The average Bonchev–Trinajstić information content (AvgIpc) is 3.24.